The highest BCUT2D eigenvalue weighted by atomic mass is 16.4. The molecular weight excluding hydrogens is 212 g/mol. The summed E-state index contributed by atoms with van der Waals surface area (Å²) in [5.74, 6) is -2.65. The second-order valence-electron chi connectivity index (χ2n) is 3.14. The molecule has 0 bridgehead atoms. The predicted octanol–water partition coefficient (Wildman–Crippen LogP) is 1.46. The molecule has 1 aromatic rings. The van der Waals surface area contributed by atoms with Crippen LogP contribution in [0.4, 0.5) is 0 Å². The number of aldehydes is 1. The first-order chi connectivity index (χ1) is 7.52. The zero-order valence-corrected chi connectivity index (χ0v) is 8.56. The van der Waals surface area contributed by atoms with Crippen LogP contribution in [0.15, 0.2) is 12.1 Å². The minimum absolute atomic E-state index is 0.213. The number of carbonyl (C=O) groups excluding carboxylic acids is 1. The molecule has 1 rings (SSSR count). The van der Waals surface area contributed by atoms with E-state index < -0.39 is 11.9 Å². The second-order valence-corrected chi connectivity index (χ2v) is 3.14. The highest BCUT2D eigenvalue weighted by Crippen LogP contribution is 2.19. The Hall–Kier alpha value is -2.17. The molecule has 0 aromatic heterocycles. The smallest absolute Gasteiger partial charge is 0.336 e. The van der Waals surface area contributed by atoms with Gasteiger partial charge in [0.1, 0.15) is 6.29 Å². The van der Waals surface area contributed by atoms with E-state index in [4.69, 9.17) is 10.2 Å². The fraction of sp³-hybridized carbons (Fsp3) is 0.182. The molecule has 1 aromatic carbocycles. The molecule has 0 spiro atoms. The van der Waals surface area contributed by atoms with E-state index in [1.54, 1.807) is 6.92 Å². The lowest BCUT2D eigenvalue weighted by molar-refractivity contribution is 0.0650. The van der Waals surface area contributed by atoms with E-state index in [9.17, 15) is 14.4 Å². The van der Waals surface area contributed by atoms with Crippen molar-refractivity contribution in [2.75, 3.05) is 0 Å². The van der Waals surface area contributed by atoms with Crippen LogP contribution in [0.5, 0.6) is 0 Å². The lowest BCUT2D eigenvalue weighted by Crippen LogP contribution is -2.13. The van der Waals surface area contributed by atoms with Gasteiger partial charge in [0.2, 0.25) is 0 Å². The molecule has 5 nitrogen and oxygen atoms in total. The van der Waals surface area contributed by atoms with Crippen molar-refractivity contribution < 1.29 is 24.6 Å². The van der Waals surface area contributed by atoms with Gasteiger partial charge in [-0.2, -0.15) is 0 Å². The van der Waals surface area contributed by atoms with E-state index in [-0.39, 0.29) is 28.7 Å². The number of carboxylic acid groups (broad SMARTS) is 2. The number of aromatic carboxylic acids is 2. The summed E-state index contributed by atoms with van der Waals surface area (Å²) in [6.45, 7) is 1.67. The van der Waals surface area contributed by atoms with Crippen molar-refractivity contribution in [3.63, 3.8) is 0 Å². The maximum atomic E-state index is 11.0. The highest BCUT2D eigenvalue weighted by Gasteiger charge is 2.21. The van der Waals surface area contributed by atoms with Crippen molar-refractivity contribution in [1.82, 2.24) is 0 Å². The number of hydrogen-bond donors (Lipinski definition) is 2. The van der Waals surface area contributed by atoms with Crippen LogP contribution >= 0.6 is 0 Å². The zero-order valence-electron chi connectivity index (χ0n) is 8.56. The highest BCUT2D eigenvalue weighted by molar-refractivity contribution is 6.04. The summed E-state index contributed by atoms with van der Waals surface area (Å²) in [4.78, 5) is 32.5. The van der Waals surface area contributed by atoms with E-state index in [0.29, 0.717) is 6.29 Å². The van der Waals surface area contributed by atoms with Gasteiger partial charge >= 0.3 is 11.9 Å². The largest absolute Gasteiger partial charge is 0.478 e. The Kier molecular flexibility index (Phi) is 3.40. The van der Waals surface area contributed by atoms with Gasteiger partial charge in [0.25, 0.3) is 0 Å². The quantitative estimate of drug-likeness (QED) is 0.752. The van der Waals surface area contributed by atoms with Gasteiger partial charge in [-0.25, -0.2) is 9.59 Å². The summed E-state index contributed by atoms with van der Waals surface area (Å²) in [6.07, 6.45) is 0.813. The molecule has 0 unspecified atom stereocenters. The average Bonchev–Trinajstić information content (AvgIpc) is 2.26. The van der Waals surface area contributed by atoms with Crippen LogP contribution in [0.2, 0.25) is 0 Å². The molecule has 0 radical (unpaired) electrons. The second kappa shape index (κ2) is 4.57. The fourth-order valence-electron chi connectivity index (χ4n) is 1.58. The summed E-state index contributed by atoms with van der Waals surface area (Å²) in [6, 6.07) is 2.45. The zero-order chi connectivity index (χ0) is 12.3. The molecule has 0 fully saturated rings. The molecule has 5 heteroatoms. The first kappa shape index (κ1) is 11.9. The topological polar surface area (TPSA) is 91.7 Å². The van der Waals surface area contributed by atoms with Gasteiger partial charge < -0.3 is 10.2 Å². The van der Waals surface area contributed by atoms with Crippen molar-refractivity contribution in [2.24, 2.45) is 0 Å². The molecule has 0 saturated heterocycles. The molecule has 0 amide bonds. The summed E-state index contributed by atoms with van der Waals surface area (Å²) >= 11 is 0. The van der Waals surface area contributed by atoms with Gasteiger partial charge in [0, 0.05) is 5.56 Å². The van der Waals surface area contributed by atoms with Gasteiger partial charge in [-0.3, -0.25) is 4.79 Å². The van der Waals surface area contributed by atoms with Gasteiger partial charge in [0.05, 0.1) is 11.1 Å². The first-order valence-corrected chi connectivity index (χ1v) is 4.60. The standard InChI is InChI=1S/C11H10O5/c1-2-7-6(5-12)3-4-8(10(13)14)9(7)11(15)16/h3-5H,2H2,1H3,(H,13,14)(H,15,16). The van der Waals surface area contributed by atoms with E-state index in [2.05, 4.69) is 0 Å². The number of carbonyl (C=O) groups is 3. The summed E-state index contributed by atoms with van der Waals surface area (Å²) < 4.78 is 0. The summed E-state index contributed by atoms with van der Waals surface area (Å²) in [5, 5.41) is 17.8. The predicted molar refractivity (Wildman–Crippen MR) is 55.1 cm³/mol. The van der Waals surface area contributed by atoms with E-state index >= 15 is 0 Å². The third kappa shape index (κ3) is 1.93. The van der Waals surface area contributed by atoms with Crippen molar-refractivity contribution in [2.45, 2.75) is 13.3 Å². The Morgan fingerprint density at radius 2 is 1.88 bits per heavy atom. The van der Waals surface area contributed by atoms with Crippen LogP contribution in [0, 0.1) is 0 Å². The summed E-state index contributed by atoms with van der Waals surface area (Å²) in [5.41, 5.74) is -0.137. The number of carboxylic acids is 2. The monoisotopic (exact) mass is 222 g/mol. The van der Waals surface area contributed by atoms with Crippen LogP contribution < -0.4 is 0 Å². The SMILES string of the molecule is CCc1c(C=O)ccc(C(=O)O)c1C(=O)O. The molecule has 0 heterocycles. The Bertz CT molecular complexity index is 462. The molecule has 0 aliphatic heterocycles. The van der Waals surface area contributed by atoms with E-state index in [0.717, 1.165) is 6.07 Å². The molecular formula is C11H10O5. The van der Waals surface area contributed by atoms with Crippen molar-refractivity contribution in [3.8, 4) is 0 Å². The van der Waals surface area contributed by atoms with Crippen LogP contribution in [-0.2, 0) is 6.42 Å². The normalized spacial score (nSPS) is 9.81. The minimum Gasteiger partial charge on any atom is -0.478 e. The molecule has 2 N–H and O–H groups in total. The third-order valence-electron chi connectivity index (χ3n) is 2.27. The lowest BCUT2D eigenvalue weighted by Gasteiger charge is -2.09. The van der Waals surface area contributed by atoms with E-state index in [1.165, 1.54) is 6.07 Å². The molecule has 0 aliphatic rings. The summed E-state index contributed by atoms with van der Waals surface area (Å²) in [7, 11) is 0. The van der Waals surface area contributed by atoms with Crippen LogP contribution in [0.1, 0.15) is 43.6 Å². The molecule has 16 heavy (non-hydrogen) atoms. The Labute approximate surface area is 91.3 Å². The maximum absolute atomic E-state index is 11.0. The number of benzene rings is 1. The molecule has 84 valence electrons. The maximum Gasteiger partial charge on any atom is 0.336 e. The van der Waals surface area contributed by atoms with E-state index in [1.807, 2.05) is 0 Å². The lowest BCUT2D eigenvalue weighted by atomic mass is 9.94. The molecule has 0 atom stereocenters. The molecule has 0 aliphatic carbocycles. The van der Waals surface area contributed by atoms with Crippen LogP contribution in [0.3, 0.4) is 0 Å². The van der Waals surface area contributed by atoms with Gasteiger partial charge in [-0.1, -0.05) is 13.0 Å². The van der Waals surface area contributed by atoms with Crippen LogP contribution in [0.25, 0.3) is 0 Å². The first-order valence-electron chi connectivity index (χ1n) is 4.60. The van der Waals surface area contributed by atoms with Crippen LogP contribution in [-0.4, -0.2) is 28.4 Å². The molecule has 0 saturated carbocycles. The Morgan fingerprint density at radius 1 is 1.25 bits per heavy atom. The number of hydrogen-bond acceptors (Lipinski definition) is 3. The third-order valence-corrected chi connectivity index (χ3v) is 2.27. The Balaban J connectivity index is 3.63. The average molecular weight is 222 g/mol. The fourth-order valence-corrected chi connectivity index (χ4v) is 1.58. The van der Waals surface area contributed by atoms with Crippen molar-refractivity contribution in [1.29, 1.82) is 0 Å². The van der Waals surface area contributed by atoms with Gasteiger partial charge in [-0.05, 0) is 18.1 Å². The number of rotatable bonds is 4. The Morgan fingerprint density at radius 3 is 2.25 bits per heavy atom. The minimum atomic E-state index is -1.34. The van der Waals surface area contributed by atoms with Crippen molar-refractivity contribution in [3.05, 3.63) is 34.4 Å². The van der Waals surface area contributed by atoms with Gasteiger partial charge in [0.15, 0.2) is 0 Å². The van der Waals surface area contributed by atoms with Crippen molar-refractivity contribution >= 4 is 18.2 Å². The van der Waals surface area contributed by atoms with Gasteiger partial charge in [-0.15, -0.1) is 0 Å².